The molecule has 2 aromatic carbocycles. The third-order valence-electron chi connectivity index (χ3n) is 4.63. The van der Waals surface area contributed by atoms with Crippen LogP contribution in [0.4, 0.5) is 10.5 Å². The molecule has 32 heavy (non-hydrogen) atoms. The minimum atomic E-state index is -1.12. The van der Waals surface area contributed by atoms with Gasteiger partial charge in [0.15, 0.2) is 12.4 Å². The summed E-state index contributed by atoms with van der Waals surface area (Å²) in [5.74, 6) is -2.56. The highest BCUT2D eigenvalue weighted by Crippen LogP contribution is 2.24. The summed E-state index contributed by atoms with van der Waals surface area (Å²) >= 11 is 6.01. The van der Waals surface area contributed by atoms with Crippen LogP contribution in [0, 0.1) is 0 Å². The van der Waals surface area contributed by atoms with E-state index in [0.29, 0.717) is 10.6 Å². The number of urea groups is 1. The van der Waals surface area contributed by atoms with Gasteiger partial charge in [-0.25, -0.2) is 4.79 Å². The molecule has 4 amide bonds. The first-order valence-corrected chi connectivity index (χ1v) is 9.95. The molecule has 1 fully saturated rings. The highest BCUT2D eigenvalue weighted by Gasteiger charge is 2.45. The predicted octanol–water partition coefficient (Wildman–Crippen LogP) is 2.38. The van der Waals surface area contributed by atoms with Gasteiger partial charge in [-0.2, -0.15) is 0 Å². The molecule has 0 atom stereocenters. The number of benzene rings is 2. The topological polar surface area (TPSA) is 122 Å². The van der Waals surface area contributed by atoms with Crippen molar-refractivity contribution < 1.29 is 28.7 Å². The van der Waals surface area contributed by atoms with E-state index in [0.717, 1.165) is 4.90 Å². The van der Waals surface area contributed by atoms with Crippen molar-refractivity contribution in [2.75, 3.05) is 18.5 Å². The van der Waals surface area contributed by atoms with Crippen molar-refractivity contribution in [2.24, 2.45) is 0 Å². The van der Waals surface area contributed by atoms with E-state index in [1.807, 2.05) is 0 Å². The van der Waals surface area contributed by atoms with Gasteiger partial charge in [-0.3, -0.25) is 24.1 Å². The molecule has 166 valence electrons. The van der Waals surface area contributed by atoms with E-state index >= 15 is 0 Å². The van der Waals surface area contributed by atoms with Gasteiger partial charge in [-0.1, -0.05) is 41.9 Å². The van der Waals surface area contributed by atoms with Crippen molar-refractivity contribution in [3.63, 3.8) is 0 Å². The zero-order valence-electron chi connectivity index (χ0n) is 17.3. The Morgan fingerprint density at radius 1 is 1.09 bits per heavy atom. The van der Waals surface area contributed by atoms with Crippen LogP contribution in [0.3, 0.4) is 0 Å². The smallest absolute Gasteiger partial charge is 0.326 e. The van der Waals surface area contributed by atoms with Gasteiger partial charge in [0.25, 0.3) is 11.8 Å². The van der Waals surface area contributed by atoms with Crippen molar-refractivity contribution in [1.29, 1.82) is 0 Å². The Kier molecular flexibility index (Phi) is 6.59. The Balaban J connectivity index is 1.62. The molecule has 10 heteroatoms. The molecule has 0 radical (unpaired) electrons. The summed E-state index contributed by atoms with van der Waals surface area (Å²) in [6.07, 6.45) is 0. The number of esters is 1. The Labute approximate surface area is 188 Å². The molecule has 3 rings (SSSR count). The number of hydrogen-bond donors (Lipinski definition) is 2. The minimum absolute atomic E-state index is 0.171. The normalized spacial score (nSPS) is 14.7. The second kappa shape index (κ2) is 9.19. The molecule has 0 unspecified atom stereocenters. The number of anilines is 1. The van der Waals surface area contributed by atoms with Crippen molar-refractivity contribution in [2.45, 2.75) is 19.4 Å². The minimum Gasteiger partial charge on any atom is -0.454 e. The summed E-state index contributed by atoms with van der Waals surface area (Å²) in [5.41, 5.74) is -0.344. The molecule has 9 nitrogen and oxygen atoms in total. The fraction of sp³-hybridized carbons (Fsp3) is 0.227. The summed E-state index contributed by atoms with van der Waals surface area (Å²) < 4.78 is 4.88. The Hall–Kier alpha value is -3.72. The summed E-state index contributed by atoms with van der Waals surface area (Å²) in [5, 5.41) is 5.26. The van der Waals surface area contributed by atoms with Crippen LogP contribution in [0.5, 0.6) is 0 Å². The quantitative estimate of drug-likeness (QED) is 0.374. The van der Waals surface area contributed by atoms with Gasteiger partial charge in [-0.15, -0.1) is 0 Å². The third kappa shape index (κ3) is 5.12. The number of nitrogens with one attached hydrogen (secondary N) is 2. The van der Waals surface area contributed by atoms with Crippen molar-refractivity contribution in [3.8, 4) is 0 Å². The van der Waals surface area contributed by atoms with Crippen molar-refractivity contribution in [3.05, 3.63) is 64.7 Å². The second-order valence-electron chi connectivity index (χ2n) is 7.54. The molecule has 1 aliphatic heterocycles. The van der Waals surface area contributed by atoms with Crippen LogP contribution in [-0.2, 0) is 19.1 Å². The first-order valence-electron chi connectivity index (χ1n) is 9.57. The average molecular weight is 458 g/mol. The van der Waals surface area contributed by atoms with Gasteiger partial charge >= 0.3 is 12.0 Å². The maximum atomic E-state index is 12.8. The van der Waals surface area contributed by atoms with Gasteiger partial charge in [-0.05, 0) is 32.0 Å². The van der Waals surface area contributed by atoms with Crippen LogP contribution in [-0.4, -0.2) is 53.2 Å². The number of ether oxygens (including phenoxy) is 1. The molecule has 1 heterocycles. The van der Waals surface area contributed by atoms with E-state index in [1.165, 1.54) is 32.0 Å². The number of nitrogens with zero attached hydrogens (tertiary/aromatic N) is 1. The van der Waals surface area contributed by atoms with E-state index in [4.69, 9.17) is 16.3 Å². The molecule has 1 saturated heterocycles. The number of halogens is 1. The first kappa shape index (κ1) is 23.0. The van der Waals surface area contributed by atoms with Gasteiger partial charge < -0.3 is 15.4 Å². The predicted molar refractivity (Wildman–Crippen MR) is 115 cm³/mol. The molecule has 0 spiro atoms. The maximum absolute atomic E-state index is 12.8. The molecule has 0 saturated carbocycles. The number of amides is 4. The van der Waals surface area contributed by atoms with Crippen molar-refractivity contribution >= 4 is 46.9 Å². The lowest BCUT2D eigenvalue weighted by molar-refractivity contribution is -0.150. The fourth-order valence-electron chi connectivity index (χ4n) is 3.03. The van der Waals surface area contributed by atoms with Crippen LogP contribution >= 0.6 is 11.6 Å². The highest BCUT2D eigenvalue weighted by molar-refractivity contribution is 6.31. The molecule has 2 N–H and O–H groups in total. The van der Waals surface area contributed by atoms with E-state index in [9.17, 15) is 24.0 Å². The largest absolute Gasteiger partial charge is 0.454 e. The summed E-state index contributed by atoms with van der Waals surface area (Å²) in [6, 6.07) is 12.1. The average Bonchev–Trinajstić information content (AvgIpc) is 2.95. The lowest BCUT2D eigenvalue weighted by Gasteiger charge is -2.15. The molecule has 1 aliphatic rings. The van der Waals surface area contributed by atoms with Gasteiger partial charge in [0.2, 0.25) is 0 Å². The highest BCUT2D eigenvalue weighted by atomic mass is 35.5. The number of ketones is 1. The number of imide groups is 1. The van der Waals surface area contributed by atoms with Crippen LogP contribution < -0.4 is 10.6 Å². The summed E-state index contributed by atoms with van der Waals surface area (Å²) in [7, 11) is 0. The van der Waals surface area contributed by atoms with Crippen LogP contribution in [0.25, 0.3) is 0 Å². The molecule has 0 bridgehead atoms. The van der Waals surface area contributed by atoms with Gasteiger partial charge in [0.05, 0.1) is 5.69 Å². The standard InChI is InChI=1S/C22H20ClN3O6/c1-22(2)20(30)26(21(31)25-22)11-18(28)32-12-17(27)24-16-9-8-14(23)10-15(16)19(29)13-6-4-3-5-7-13/h3-10H,11-12H2,1-2H3,(H,24,27)(H,25,31). The number of rotatable bonds is 7. The van der Waals surface area contributed by atoms with E-state index in [2.05, 4.69) is 10.6 Å². The molecule has 2 aromatic rings. The second-order valence-corrected chi connectivity index (χ2v) is 7.98. The number of hydrogen-bond acceptors (Lipinski definition) is 6. The van der Waals surface area contributed by atoms with Crippen molar-refractivity contribution in [1.82, 2.24) is 10.2 Å². The SMILES string of the molecule is CC1(C)NC(=O)N(CC(=O)OCC(=O)Nc2ccc(Cl)cc2C(=O)c2ccccc2)C1=O. The first-order chi connectivity index (χ1) is 15.1. The van der Waals surface area contributed by atoms with Crippen LogP contribution in [0.2, 0.25) is 5.02 Å². The number of carbonyl (C=O) groups is 5. The fourth-order valence-corrected chi connectivity index (χ4v) is 3.20. The zero-order valence-corrected chi connectivity index (χ0v) is 18.1. The summed E-state index contributed by atoms with van der Waals surface area (Å²) in [6.45, 7) is 1.71. The van der Waals surface area contributed by atoms with Gasteiger partial charge in [0.1, 0.15) is 12.1 Å². The maximum Gasteiger partial charge on any atom is 0.326 e. The monoisotopic (exact) mass is 457 g/mol. The van der Waals surface area contributed by atoms with Crippen LogP contribution in [0.15, 0.2) is 48.5 Å². The summed E-state index contributed by atoms with van der Waals surface area (Å²) in [4.78, 5) is 61.8. The lowest BCUT2D eigenvalue weighted by atomic mass is 10.0. The van der Waals surface area contributed by atoms with Gasteiger partial charge in [0, 0.05) is 16.1 Å². The third-order valence-corrected chi connectivity index (χ3v) is 4.87. The molecule has 0 aromatic heterocycles. The van der Waals surface area contributed by atoms with E-state index in [-0.39, 0.29) is 17.0 Å². The molecular formula is C22H20ClN3O6. The molecular weight excluding hydrogens is 438 g/mol. The molecule has 0 aliphatic carbocycles. The lowest BCUT2D eigenvalue weighted by Crippen LogP contribution is -2.41. The number of carbonyl (C=O) groups excluding carboxylic acids is 5. The van der Waals surface area contributed by atoms with Crippen LogP contribution in [0.1, 0.15) is 29.8 Å². The Morgan fingerprint density at radius 2 is 1.78 bits per heavy atom. The Bertz CT molecular complexity index is 1100. The zero-order chi connectivity index (χ0) is 23.5. The Morgan fingerprint density at radius 3 is 2.41 bits per heavy atom. The van der Waals surface area contributed by atoms with E-state index in [1.54, 1.807) is 30.3 Å². The van der Waals surface area contributed by atoms with E-state index < -0.39 is 42.5 Å².